The maximum absolute atomic E-state index is 2.46. The Labute approximate surface area is 163 Å². The van der Waals surface area contributed by atoms with Crippen LogP contribution < -0.4 is 17.0 Å². The summed E-state index contributed by atoms with van der Waals surface area (Å²) in [6.07, 6.45) is 7.02. The molecule has 4 rings (SSSR count). The summed E-state index contributed by atoms with van der Waals surface area (Å²) in [6.45, 7) is 0. The van der Waals surface area contributed by atoms with Gasteiger partial charge in [0.15, 0.2) is 0 Å². The highest BCUT2D eigenvalue weighted by Gasteiger charge is 2.48. The van der Waals surface area contributed by atoms with Gasteiger partial charge in [-0.25, -0.2) is 0 Å². The summed E-state index contributed by atoms with van der Waals surface area (Å²) in [4.78, 5) is 0. The molecule has 0 amide bonds. The molecule has 0 saturated carbocycles. The van der Waals surface area contributed by atoms with Gasteiger partial charge in [-0.1, -0.05) is 60.7 Å². The van der Waals surface area contributed by atoms with Crippen molar-refractivity contribution in [1.82, 2.24) is 0 Å². The molecule has 2 fully saturated rings. The zero-order chi connectivity index (χ0) is 16.6. The highest BCUT2D eigenvalue weighted by atomic mass is 79.9. The van der Waals surface area contributed by atoms with Crippen LogP contribution in [0, 0.1) is 5.92 Å². The Balaban J connectivity index is 0.00000182. The molecule has 2 saturated heterocycles. The Hall–Kier alpha value is -1.12. The predicted molar refractivity (Wildman–Crippen MR) is 101 cm³/mol. The lowest BCUT2D eigenvalue weighted by Crippen LogP contribution is -3.00. The number of piperidine rings is 1. The van der Waals surface area contributed by atoms with Gasteiger partial charge in [-0.15, -0.1) is 0 Å². The van der Waals surface area contributed by atoms with E-state index in [1.165, 1.54) is 47.7 Å². The summed E-state index contributed by atoms with van der Waals surface area (Å²) in [5, 5.41) is 0. The SMILES string of the molecule is C[N+]1(C)[C@@H]2CC[C@H]1CC(CC(c1ccccc1)c1ccccc1)C2.[Br-]. The molecule has 0 aliphatic carbocycles. The number of hydrogen-bond donors (Lipinski definition) is 0. The number of hydrogen-bond acceptors (Lipinski definition) is 0. The molecule has 2 bridgehead atoms. The Morgan fingerprint density at radius 3 is 1.68 bits per heavy atom. The molecule has 1 unspecified atom stereocenters. The molecule has 25 heavy (non-hydrogen) atoms. The quantitative estimate of drug-likeness (QED) is 0.691. The third-order valence-corrected chi connectivity index (χ3v) is 6.90. The molecule has 2 aromatic rings. The fourth-order valence-corrected chi connectivity index (χ4v) is 5.35. The minimum Gasteiger partial charge on any atom is -1.00 e. The lowest BCUT2D eigenvalue weighted by Gasteiger charge is -2.45. The normalized spacial score (nSPS) is 27.1. The van der Waals surface area contributed by atoms with Gasteiger partial charge < -0.3 is 21.5 Å². The van der Waals surface area contributed by atoms with Crippen LogP contribution in [0.1, 0.15) is 49.1 Å². The first-order chi connectivity index (χ1) is 11.6. The van der Waals surface area contributed by atoms with Crippen LogP contribution in [-0.4, -0.2) is 30.7 Å². The van der Waals surface area contributed by atoms with Gasteiger partial charge in [0.1, 0.15) is 0 Å². The number of fused-ring (bicyclic) bond motifs is 2. The Morgan fingerprint density at radius 1 is 0.800 bits per heavy atom. The smallest absolute Gasteiger partial charge is 0.0893 e. The van der Waals surface area contributed by atoms with Crippen LogP contribution in [0.5, 0.6) is 0 Å². The molecule has 1 nitrogen and oxygen atoms in total. The third-order valence-electron chi connectivity index (χ3n) is 6.90. The standard InChI is InChI=1S/C23H30N.BrH/c1-24(2)21-13-14-22(24)16-18(15-21)17-23(19-9-5-3-6-10-19)20-11-7-4-8-12-20;/h3-12,18,21-23H,13-17H2,1-2H3;1H/q+1;/p-1/t18?,21-,22+;. The number of quaternary nitrogens is 1. The maximum Gasteiger partial charge on any atom is 0.0893 e. The van der Waals surface area contributed by atoms with E-state index in [4.69, 9.17) is 0 Å². The van der Waals surface area contributed by atoms with Crippen molar-refractivity contribution in [2.45, 2.75) is 50.1 Å². The monoisotopic (exact) mass is 399 g/mol. The molecule has 2 heterocycles. The average molecular weight is 400 g/mol. The highest BCUT2D eigenvalue weighted by molar-refractivity contribution is 5.32. The lowest BCUT2D eigenvalue weighted by atomic mass is 9.78. The summed E-state index contributed by atoms with van der Waals surface area (Å²) in [5.41, 5.74) is 2.96. The van der Waals surface area contributed by atoms with Crippen molar-refractivity contribution in [3.8, 4) is 0 Å². The summed E-state index contributed by atoms with van der Waals surface area (Å²) in [6, 6.07) is 24.1. The fraction of sp³-hybridized carbons (Fsp3) is 0.478. The number of halogens is 1. The molecule has 3 atom stereocenters. The van der Waals surface area contributed by atoms with E-state index in [9.17, 15) is 0 Å². The Kier molecular flexibility index (Phi) is 5.70. The van der Waals surface area contributed by atoms with Gasteiger partial charge in [0, 0.05) is 31.6 Å². The van der Waals surface area contributed by atoms with Crippen LogP contribution >= 0.6 is 0 Å². The van der Waals surface area contributed by atoms with E-state index >= 15 is 0 Å². The van der Waals surface area contributed by atoms with E-state index in [0.717, 1.165) is 18.0 Å². The topological polar surface area (TPSA) is 0 Å². The molecule has 2 aliphatic heterocycles. The van der Waals surface area contributed by atoms with E-state index < -0.39 is 0 Å². The minimum absolute atomic E-state index is 0. The van der Waals surface area contributed by atoms with E-state index in [-0.39, 0.29) is 17.0 Å². The van der Waals surface area contributed by atoms with Crippen LogP contribution in [-0.2, 0) is 0 Å². The second kappa shape index (κ2) is 7.63. The van der Waals surface area contributed by atoms with E-state index in [1.54, 1.807) is 0 Å². The first-order valence-corrected chi connectivity index (χ1v) is 9.58. The van der Waals surface area contributed by atoms with Crippen molar-refractivity contribution in [2.24, 2.45) is 5.92 Å². The van der Waals surface area contributed by atoms with Crippen LogP contribution in [0.25, 0.3) is 0 Å². The maximum atomic E-state index is 2.46. The Bertz CT molecular complexity index is 612. The van der Waals surface area contributed by atoms with Gasteiger partial charge in [0.25, 0.3) is 0 Å². The number of nitrogens with zero attached hydrogens (tertiary/aromatic N) is 1. The van der Waals surface area contributed by atoms with Crippen molar-refractivity contribution in [3.63, 3.8) is 0 Å². The average Bonchev–Trinajstić information content (AvgIpc) is 2.79. The van der Waals surface area contributed by atoms with E-state index in [0.29, 0.717) is 5.92 Å². The molecule has 0 N–H and O–H groups in total. The van der Waals surface area contributed by atoms with Crippen LogP contribution in [0.4, 0.5) is 0 Å². The second-order valence-corrected chi connectivity index (χ2v) is 8.46. The molecule has 2 heteroatoms. The lowest BCUT2D eigenvalue weighted by molar-refractivity contribution is -0.931. The molecule has 2 aliphatic rings. The predicted octanol–water partition coefficient (Wildman–Crippen LogP) is 2.23. The minimum atomic E-state index is 0. The first kappa shape index (κ1) is 18.7. The molecule has 2 aromatic carbocycles. The van der Waals surface area contributed by atoms with Crippen LogP contribution in [0.3, 0.4) is 0 Å². The van der Waals surface area contributed by atoms with Crippen molar-refractivity contribution in [1.29, 1.82) is 0 Å². The Morgan fingerprint density at radius 2 is 1.24 bits per heavy atom. The summed E-state index contributed by atoms with van der Waals surface area (Å²) >= 11 is 0. The van der Waals surface area contributed by atoms with Crippen molar-refractivity contribution < 1.29 is 21.5 Å². The number of rotatable bonds is 4. The molecule has 0 radical (unpaired) electrons. The van der Waals surface area contributed by atoms with Gasteiger partial charge >= 0.3 is 0 Å². The van der Waals surface area contributed by atoms with Gasteiger partial charge in [-0.05, 0) is 23.5 Å². The third kappa shape index (κ3) is 3.71. The van der Waals surface area contributed by atoms with E-state index in [2.05, 4.69) is 74.8 Å². The van der Waals surface area contributed by atoms with Gasteiger partial charge in [0.05, 0.1) is 26.2 Å². The second-order valence-electron chi connectivity index (χ2n) is 8.46. The summed E-state index contributed by atoms with van der Waals surface area (Å²) in [7, 11) is 4.93. The molecule has 0 spiro atoms. The molecular weight excluding hydrogens is 370 g/mol. The van der Waals surface area contributed by atoms with Crippen molar-refractivity contribution in [2.75, 3.05) is 14.1 Å². The van der Waals surface area contributed by atoms with Crippen LogP contribution in [0.15, 0.2) is 60.7 Å². The van der Waals surface area contributed by atoms with Gasteiger partial charge in [-0.3, -0.25) is 0 Å². The molecule has 0 aromatic heterocycles. The van der Waals surface area contributed by atoms with Crippen molar-refractivity contribution >= 4 is 0 Å². The fourth-order valence-electron chi connectivity index (χ4n) is 5.35. The van der Waals surface area contributed by atoms with Crippen molar-refractivity contribution in [3.05, 3.63) is 71.8 Å². The van der Waals surface area contributed by atoms with Crippen LogP contribution in [0.2, 0.25) is 0 Å². The highest BCUT2D eigenvalue weighted by Crippen LogP contribution is 2.45. The summed E-state index contributed by atoms with van der Waals surface area (Å²) < 4.78 is 1.28. The zero-order valence-corrected chi connectivity index (χ0v) is 17.0. The largest absolute Gasteiger partial charge is 1.00 e. The molecular formula is C23H30BrN. The number of benzene rings is 2. The summed E-state index contributed by atoms with van der Waals surface area (Å²) in [5.74, 6) is 1.42. The van der Waals surface area contributed by atoms with E-state index in [1.807, 2.05) is 0 Å². The van der Waals surface area contributed by atoms with Gasteiger partial charge in [0.2, 0.25) is 0 Å². The molecule has 134 valence electrons. The first-order valence-electron chi connectivity index (χ1n) is 9.58. The van der Waals surface area contributed by atoms with Gasteiger partial charge in [-0.2, -0.15) is 0 Å². The zero-order valence-electron chi connectivity index (χ0n) is 15.4.